The Hall–Kier alpha value is -1.39. The van der Waals surface area contributed by atoms with Crippen LogP contribution in [0.15, 0.2) is 24.3 Å². The maximum absolute atomic E-state index is 12.9. The molecule has 3 aliphatic rings. The fraction of sp³-hybridized carbons (Fsp3) is 0.588. The molecule has 4 heteroatoms. The zero-order chi connectivity index (χ0) is 14.4. The highest BCUT2D eigenvalue weighted by molar-refractivity contribution is 5.84. The molecule has 1 saturated heterocycles. The summed E-state index contributed by atoms with van der Waals surface area (Å²) in [5.41, 5.74) is 8.64. The van der Waals surface area contributed by atoms with Crippen molar-refractivity contribution in [3.8, 4) is 0 Å². The van der Waals surface area contributed by atoms with E-state index in [1.807, 2.05) is 4.90 Å². The van der Waals surface area contributed by atoms with Crippen LogP contribution in [-0.4, -0.2) is 43.2 Å². The molecule has 1 aromatic carbocycles. The summed E-state index contributed by atoms with van der Waals surface area (Å²) in [5, 5.41) is 0. The molecule has 1 saturated carbocycles. The maximum Gasteiger partial charge on any atom is 0.227 e. The Morgan fingerprint density at radius 2 is 2.24 bits per heavy atom. The molecule has 112 valence electrons. The van der Waals surface area contributed by atoms with Crippen LogP contribution >= 0.6 is 0 Å². The summed E-state index contributed by atoms with van der Waals surface area (Å²) < 4.78 is 5.45. The molecule has 2 fully saturated rings. The van der Waals surface area contributed by atoms with Crippen molar-refractivity contribution in [2.75, 3.05) is 26.3 Å². The van der Waals surface area contributed by atoms with Crippen LogP contribution in [0.25, 0.3) is 0 Å². The van der Waals surface area contributed by atoms with Crippen LogP contribution in [0.3, 0.4) is 0 Å². The fourth-order valence-electron chi connectivity index (χ4n) is 4.23. The van der Waals surface area contributed by atoms with Crippen molar-refractivity contribution in [1.82, 2.24) is 4.90 Å². The first-order valence-electron chi connectivity index (χ1n) is 7.97. The van der Waals surface area contributed by atoms with Crippen molar-refractivity contribution in [2.24, 2.45) is 17.6 Å². The van der Waals surface area contributed by atoms with Crippen LogP contribution in [0.4, 0.5) is 0 Å². The average molecular weight is 286 g/mol. The number of hydrogen-bond donors (Lipinski definition) is 1. The molecule has 1 aromatic rings. The largest absolute Gasteiger partial charge is 0.377 e. The lowest BCUT2D eigenvalue weighted by Gasteiger charge is -2.35. The van der Waals surface area contributed by atoms with E-state index < -0.39 is 0 Å². The zero-order valence-electron chi connectivity index (χ0n) is 12.2. The van der Waals surface area contributed by atoms with Gasteiger partial charge in [0.1, 0.15) is 0 Å². The van der Waals surface area contributed by atoms with E-state index in [0.717, 1.165) is 12.8 Å². The number of fused-ring (bicyclic) bond motifs is 3. The van der Waals surface area contributed by atoms with Gasteiger partial charge in [-0.2, -0.15) is 0 Å². The SMILES string of the molecule is NCC1COCCN1C(=O)C1C2CCc3ccccc3C21. The molecule has 1 amide bonds. The minimum absolute atomic E-state index is 0.0594. The number of benzene rings is 1. The Kier molecular flexibility index (Phi) is 3.23. The number of hydrogen-bond acceptors (Lipinski definition) is 3. The van der Waals surface area contributed by atoms with E-state index in [4.69, 9.17) is 10.5 Å². The topological polar surface area (TPSA) is 55.6 Å². The molecule has 4 nitrogen and oxygen atoms in total. The predicted molar refractivity (Wildman–Crippen MR) is 79.9 cm³/mol. The van der Waals surface area contributed by atoms with Crippen molar-refractivity contribution in [2.45, 2.75) is 24.8 Å². The van der Waals surface area contributed by atoms with Crippen LogP contribution < -0.4 is 5.73 Å². The molecular formula is C17H22N2O2. The van der Waals surface area contributed by atoms with Crippen molar-refractivity contribution in [1.29, 1.82) is 0 Å². The quantitative estimate of drug-likeness (QED) is 0.887. The van der Waals surface area contributed by atoms with Gasteiger partial charge in [-0.15, -0.1) is 0 Å². The maximum atomic E-state index is 12.9. The zero-order valence-corrected chi connectivity index (χ0v) is 12.2. The van der Waals surface area contributed by atoms with Gasteiger partial charge in [0.05, 0.1) is 19.3 Å². The fourth-order valence-corrected chi connectivity index (χ4v) is 4.23. The summed E-state index contributed by atoms with van der Waals surface area (Å²) in [4.78, 5) is 14.9. The predicted octanol–water partition coefficient (Wildman–Crippen LogP) is 1.15. The van der Waals surface area contributed by atoms with Gasteiger partial charge in [0.15, 0.2) is 0 Å². The molecule has 0 spiro atoms. The number of morpholine rings is 1. The molecule has 0 bridgehead atoms. The highest BCUT2D eigenvalue weighted by Crippen LogP contribution is 2.60. The molecule has 4 atom stereocenters. The van der Waals surface area contributed by atoms with Crippen LogP contribution in [0.5, 0.6) is 0 Å². The Balaban J connectivity index is 1.55. The average Bonchev–Trinajstić information content (AvgIpc) is 3.29. The normalized spacial score (nSPS) is 34.0. The second kappa shape index (κ2) is 5.11. The van der Waals surface area contributed by atoms with Gasteiger partial charge in [-0.1, -0.05) is 24.3 Å². The lowest BCUT2D eigenvalue weighted by molar-refractivity contribution is -0.141. The first-order chi connectivity index (χ1) is 10.3. The van der Waals surface area contributed by atoms with E-state index in [0.29, 0.717) is 44.0 Å². The number of carbonyl (C=O) groups is 1. The number of amides is 1. The number of rotatable bonds is 2. The summed E-state index contributed by atoms with van der Waals surface area (Å²) in [5.74, 6) is 1.48. The van der Waals surface area contributed by atoms with Crippen molar-refractivity contribution in [3.63, 3.8) is 0 Å². The molecule has 4 unspecified atom stereocenters. The summed E-state index contributed by atoms with van der Waals surface area (Å²) >= 11 is 0. The van der Waals surface area contributed by atoms with Gasteiger partial charge >= 0.3 is 0 Å². The Labute approximate surface area is 125 Å². The molecule has 4 rings (SSSR count). The number of nitrogens with zero attached hydrogens (tertiary/aromatic N) is 1. The standard InChI is InChI=1S/C17H22N2O2/c18-9-12-10-21-8-7-19(12)17(20)16-14-6-5-11-3-1-2-4-13(11)15(14)16/h1-4,12,14-16H,5-10,18H2. The highest BCUT2D eigenvalue weighted by atomic mass is 16.5. The van der Waals surface area contributed by atoms with E-state index in [1.165, 1.54) is 11.1 Å². The van der Waals surface area contributed by atoms with Gasteiger partial charge in [0.2, 0.25) is 5.91 Å². The molecular weight excluding hydrogens is 264 g/mol. The van der Waals surface area contributed by atoms with Crippen LogP contribution in [0, 0.1) is 11.8 Å². The van der Waals surface area contributed by atoms with Gasteiger partial charge < -0.3 is 15.4 Å². The second-order valence-electron chi connectivity index (χ2n) is 6.45. The third-order valence-corrected chi connectivity index (χ3v) is 5.40. The molecule has 0 radical (unpaired) electrons. The van der Waals surface area contributed by atoms with E-state index in [2.05, 4.69) is 24.3 Å². The molecule has 0 aromatic heterocycles. The number of carbonyl (C=O) groups excluding carboxylic acids is 1. The van der Waals surface area contributed by atoms with E-state index in [-0.39, 0.29) is 12.0 Å². The smallest absolute Gasteiger partial charge is 0.227 e. The Morgan fingerprint density at radius 1 is 1.38 bits per heavy atom. The Bertz CT molecular complexity index is 559. The van der Waals surface area contributed by atoms with Gasteiger partial charge in [0.25, 0.3) is 0 Å². The molecule has 2 N–H and O–H groups in total. The van der Waals surface area contributed by atoms with E-state index >= 15 is 0 Å². The van der Waals surface area contributed by atoms with Crippen LogP contribution in [0.2, 0.25) is 0 Å². The number of aryl methyl sites for hydroxylation is 1. The highest BCUT2D eigenvalue weighted by Gasteiger charge is 2.58. The molecule has 2 aliphatic carbocycles. The first kappa shape index (κ1) is 13.3. The van der Waals surface area contributed by atoms with Crippen LogP contribution in [0.1, 0.15) is 23.5 Å². The summed E-state index contributed by atoms with van der Waals surface area (Å²) in [6, 6.07) is 8.68. The van der Waals surface area contributed by atoms with Gasteiger partial charge in [-0.3, -0.25) is 4.79 Å². The lowest BCUT2D eigenvalue weighted by atomic mass is 9.92. The summed E-state index contributed by atoms with van der Waals surface area (Å²) in [6.07, 6.45) is 2.26. The second-order valence-corrected chi connectivity index (χ2v) is 6.45. The third kappa shape index (κ3) is 2.09. The monoisotopic (exact) mass is 286 g/mol. The summed E-state index contributed by atoms with van der Waals surface area (Å²) in [7, 11) is 0. The third-order valence-electron chi connectivity index (χ3n) is 5.40. The van der Waals surface area contributed by atoms with Crippen LogP contribution in [-0.2, 0) is 16.0 Å². The first-order valence-corrected chi connectivity index (χ1v) is 7.97. The number of nitrogens with two attached hydrogens (primary N) is 1. The lowest BCUT2D eigenvalue weighted by Crippen LogP contribution is -2.52. The molecule has 1 heterocycles. The van der Waals surface area contributed by atoms with E-state index in [9.17, 15) is 4.79 Å². The summed E-state index contributed by atoms with van der Waals surface area (Å²) in [6.45, 7) is 2.41. The van der Waals surface area contributed by atoms with E-state index in [1.54, 1.807) is 0 Å². The van der Waals surface area contributed by atoms with Crippen molar-refractivity contribution < 1.29 is 9.53 Å². The van der Waals surface area contributed by atoms with Gasteiger partial charge in [0, 0.05) is 19.0 Å². The molecule has 21 heavy (non-hydrogen) atoms. The minimum Gasteiger partial charge on any atom is -0.377 e. The van der Waals surface area contributed by atoms with Gasteiger partial charge in [-0.25, -0.2) is 0 Å². The van der Waals surface area contributed by atoms with Gasteiger partial charge in [-0.05, 0) is 35.8 Å². The van der Waals surface area contributed by atoms with Crippen molar-refractivity contribution in [3.05, 3.63) is 35.4 Å². The number of ether oxygens (including phenoxy) is 1. The minimum atomic E-state index is 0.0594. The van der Waals surface area contributed by atoms with Crippen molar-refractivity contribution >= 4 is 5.91 Å². The molecule has 1 aliphatic heterocycles. The Morgan fingerprint density at radius 3 is 3.10 bits per heavy atom.